The molecule has 0 atom stereocenters. The van der Waals surface area contributed by atoms with Crippen LogP contribution in [-0.4, -0.2) is 7.05 Å². The highest BCUT2D eigenvalue weighted by molar-refractivity contribution is 5.77. The number of benzene rings is 2. The van der Waals surface area contributed by atoms with Crippen LogP contribution in [0.25, 0.3) is 0 Å². The van der Waals surface area contributed by atoms with Gasteiger partial charge < -0.3 is 4.90 Å². The Labute approximate surface area is 141 Å². The van der Waals surface area contributed by atoms with Crippen LogP contribution >= 0.6 is 0 Å². The highest BCUT2D eigenvalue weighted by atomic mass is 15.1. The smallest absolute Gasteiger partial charge is 0.0449 e. The van der Waals surface area contributed by atoms with Crippen LogP contribution in [0.15, 0.2) is 48.5 Å². The number of anilines is 2. The lowest BCUT2D eigenvalue weighted by Crippen LogP contribution is -2.35. The van der Waals surface area contributed by atoms with Crippen molar-refractivity contribution in [3.8, 4) is 0 Å². The standard InChI is InChI=1S/C22H29N/c1-4-6-16-22(17-7-5-2)18-12-8-10-14-20(18)23(3)21-15-11-9-13-19(21)22/h8-15H,4-7,16-17H2,1-3H3. The zero-order valence-corrected chi connectivity index (χ0v) is 14.8. The van der Waals surface area contributed by atoms with E-state index in [1.54, 1.807) is 0 Å². The van der Waals surface area contributed by atoms with Crippen molar-refractivity contribution >= 4 is 11.4 Å². The minimum absolute atomic E-state index is 0.186. The fourth-order valence-corrected chi connectivity index (χ4v) is 4.24. The fraction of sp³-hybridized carbons (Fsp3) is 0.455. The van der Waals surface area contributed by atoms with E-state index in [4.69, 9.17) is 0 Å². The van der Waals surface area contributed by atoms with Gasteiger partial charge in [0.1, 0.15) is 0 Å². The Morgan fingerprint density at radius 3 is 1.61 bits per heavy atom. The van der Waals surface area contributed by atoms with Gasteiger partial charge in [0, 0.05) is 23.8 Å². The molecule has 0 amide bonds. The van der Waals surface area contributed by atoms with E-state index in [9.17, 15) is 0 Å². The molecule has 0 spiro atoms. The quantitative estimate of drug-likeness (QED) is 0.594. The second kappa shape index (κ2) is 6.78. The molecule has 1 heterocycles. The van der Waals surface area contributed by atoms with Crippen LogP contribution in [-0.2, 0) is 5.41 Å². The molecule has 0 unspecified atom stereocenters. The number of unbranched alkanes of at least 4 members (excludes halogenated alkanes) is 2. The third-order valence-electron chi connectivity index (χ3n) is 5.48. The van der Waals surface area contributed by atoms with Crippen molar-refractivity contribution in [2.24, 2.45) is 0 Å². The molecule has 1 nitrogen and oxygen atoms in total. The maximum atomic E-state index is 2.38. The normalized spacial score (nSPS) is 15.2. The molecular formula is C22H29N. The van der Waals surface area contributed by atoms with Gasteiger partial charge in [-0.05, 0) is 36.1 Å². The summed E-state index contributed by atoms with van der Waals surface area (Å²) in [5, 5.41) is 0. The molecule has 1 aliphatic rings. The Morgan fingerprint density at radius 2 is 1.17 bits per heavy atom. The van der Waals surface area contributed by atoms with Crippen LogP contribution in [0.2, 0.25) is 0 Å². The molecule has 0 fully saturated rings. The average molecular weight is 307 g/mol. The molecular weight excluding hydrogens is 278 g/mol. The van der Waals surface area contributed by atoms with E-state index in [2.05, 4.69) is 74.3 Å². The first-order valence-electron chi connectivity index (χ1n) is 9.17. The molecule has 1 aliphatic heterocycles. The number of nitrogens with zero attached hydrogens (tertiary/aromatic N) is 1. The van der Waals surface area contributed by atoms with Gasteiger partial charge in [-0.15, -0.1) is 0 Å². The molecule has 0 aromatic heterocycles. The number of hydrogen-bond acceptors (Lipinski definition) is 1. The summed E-state index contributed by atoms with van der Waals surface area (Å²) >= 11 is 0. The Balaban J connectivity index is 2.21. The van der Waals surface area contributed by atoms with Gasteiger partial charge in [0.25, 0.3) is 0 Å². The number of fused-ring (bicyclic) bond motifs is 2. The summed E-state index contributed by atoms with van der Waals surface area (Å²) in [7, 11) is 2.21. The van der Waals surface area contributed by atoms with Gasteiger partial charge in [-0.2, -0.15) is 0 Å². The predicted molar refractivity (Wildman–Crippen MR) is 101 cm³/mol. The van der Waals surface area contributed by atoms with Crippen molar-refractivity contribution in [2.75, 3.05) is 11.9 Å². The monoisotopic (exact) mass is 307 g/mol. The van der Waals surface area contributed by atoms with Crippen LogP contribution in [0.3, 0.4) is 0 Å². The second-order valence-corrected chi connectivity index (χ2v) is 6.88. The summed E-state index contributed by atoms with van der Waals surface area (Å²) in [6, 6.07) is 18.1. The van der Waals surface area contributed by atoms with Crippen molar-refractivity contribution < 1.29 is 0 Å². The summed E-state index contributed by atoms with van der Waals surface area (Å²) in [6.45, 7) is 4.61. The van der Waals surface area contributed by atoms with E-state index in [1.807, 2.05) is 0 Å². The zero-order valence-electron chi connectivity index (χ0n) is 14.8. The van der Waals surface area contributed by atoms with Crippen LogP contribution in [0.4, 0.5) is 11.4 Å². The average Bonchev–Trinajstić information content (AvgIpc) is 2.61. The van der Waals surface area contributed by atoms with Crippen molar-refractivity contribution in [1.29, 1.82) is 0 Å². The maximum Gasteiger partial charge on any atom is 0.0449 e. The molecule has 2 aromatic carbocycles. The molecule has 122 valence electrons. The lowest BCUT2D eigenvalue weighted by Gasteiger charge is -2.45. The summed E-state index contributed by atoms with van der Waals surface area (Å²) in [4.78, 5) is 2.38. The van der Waals surface area contributed by atoms with Crippen LogP contribution < -0.4 is 4.90 Å². The predicted octanol–water partition coefficient (Wildman–Crippen LogP) is 6.43. The molecule has 0 saturated heterocycles. The SMILES string of the molecule is CCCCC1(CCCC)c2ccccc2N(C)c2ccccc21. The molecule has 0 saturated carbocycles. The number of rotatable bonds is 6. The van der Waals surface area contributed by atoms with E-state index >= 15 is 0 Å². The van der Waals surface area contributed by atoms with Gasteiger partial charge >= 0.3 is 0 Å². The minimum atomic E-state index is 0.186. The van der Waals surface area contributed by atoms with Gasteiger partial charge in [-0.1, -0.05) is 75.9 Å². The van der Waals surface area contributed by atoms with Crippen LogP contribution in [0.1, 0.15) is 63.5 Å². The summed E-state index contributed by atoms with van der Waals surface area (Å²) < 4.78 is 0. The summed E-state index contributed by atoms with van der Waals surface area (Å²) in [5.74, 6) is 0. The van der Waals surface area contributed by atoms with Crippen molar-refractivity contribution in [2.45, 2.75) is 57.8 Å². The van der Waals surface area contributed by atoms with Crippen molar-refractivity contribution in [3.05, 3.63) is 59.7 Å². The highest BCUT2D eigenvalue weighted by Crippen LogP contribution is 2.53. The Hall–Kier alpha value is -1.76. The topological polar surface area (TPSA) is 3.24 Å². The van der Waals surface area contributed by atoms with E-state index in [0.29, 0.717) is 0 Å². The molecule has 0 radical (unpaired) electrons. The zero-order chi connectivity index (χ0) is 16.3. The molecule has 2 aromatic rings. The first-order chi connectivity index (χ1) is 11.2. The lowest BCUT2D eigenvalue weighted by molar-refractivity contribution is 0.403. The molecule has 0 N–H and O–H groups in total. The molecule has 0 aliphatic carbocycles. The number of hydrogen-bond donors (Lipinski definition) is 0. The van der Waals surface area contributed by atoms with Gasteiger partial charge in [0.2, 0.25) is 0 Å². The third kappa shape index (κ3) is 2.67. The minimum Gasteiger partial charge on any atom is -0.344 e. The van der Waals surface area contributed by atoms with E-state index in [0.717, 1.165) is 0 Å². The van der Waals surface area contributed by atoms with E-state index in [1.165, 1.54) is 61.0 Å². The van der Waals surface area contributed by atoms with Crippen molar-refractivity contribution in [1.82, 2.24) is 0 Å². The molecule has 1 heteroatoms. The van der Waals surface area contributed by atoms with Gasteiger partial charge in [0.15, 0.2) is 0 Å². The maximum absolute atomic E-state index is 2.38. The summed E-state index contributed by atoms with van der Waals surface area (Å²) in [5.41, 5.74) is 6.02. The van der Waals surface area contributed by atoms with Crippen LogP contribution in [0.5, 0.6) is 0 Å². The number of para-hydroxylation sites is 2. The Bertz CT molecular complexity index is 601. The largest absolute Gasteiger partial charge is 0.344 e. The molecule has 0 bridgehead atoms. The van der Waals surface area contributed by atoms with Crippen molar-refractivity contribution in [3.63, 3.8) is 0 Å². The highest BCUT2D eigenvalue weighted by Gasteiger charge is 2.40. The van der Waals surface area contributed by atoms with Gasteiger partial charge in [-0.3, -0.25) is 0 Å². The summed E-state index contributed by atoms with van der Waals surface area (Å²) in [6.07, 6.45) is 7.60. The first kappa shape index (κ1) is 16.1. The van der Waals surface area contributed by atoms with Gasteiger partial charge in [-0.25, -0.2) is 0 Å². The van der Waals surface area contributed by atoms with Gasteiger partial charge in [0.05, 0.1) is 0 Å². The van der Waals surface area contributed by atoms with E-state index < -0.39 is 0 Å². The van der Waals surface area contributed by atoms with Crippen LogP contribution in [0, 0.1) is 0 Å². The fourth-order valence-electron chi connectivity index (χ4n) is 4.24. The first-order valence-corrected chi connectivity index (χ1v) is 9.17. The Morgan fingerprint density at radius 1 is 0.739 bits per heavy atom. The molecule has 23 heavy (non-hydrogen) atoms. The lowest BCUT2D eigenvalue weighted by atomic mass is 9.65. The third-order valence-corrected chi connectivity index (χ3v) is 5.48. The Kier molecular flexibility index (Phi) is 4.75. The van der Waals surface area contributed by atoms with E-state index in [-0.39, 0.29) is 5.41 Å². The second-order valence-electron chi connectivity index (χ2n) is 6.88. The molecule has 3 rings (SSSR count).